The van der Waals surface area contributed by atoms with Gasteiger partial charge in [0.05, 0.1) is 0 Å². The van der Waals surface area contributed by atoms with Crippen molar-refractivity contribution >= 4 is 11.9 Å². The summed E-state index contributed by atoms with van der Waals surface area (Å²) in [6, 6.07) is 0. The van der Waals surface area contributed by atoms with E-state index in [2.05, 4.69) is 0 Å². The highest BCUT2D eigenvalue weighted by molar-refractivity contribution is 5.85. The Morgan fingerprint density at radius 2 is 2.06 bits per heavy atom. The van der Waals surface area contributed by atoms with Crippen molar-refractivity contribution in [2.24, 2.45) is 11.3 Å². The fraction of sp³-hybridized carbons (Fsp3) is 0.833. The number of rotatable bonds is 4. The van der Waals surface area contributed by atoms with Gasteiger partial charge in [-0.1, -0.05) is 0 Å². The van der Waals surface area contributed by atoms with Crippen LogP contribution in [0, 0.1) is 11.3 Å². The van der Waals surface area contributed by atoms with Crippen molar-refractivity contribution in [2.45, 2.75) is 26.2 Å². The Morgan fingerprint density at radius 3 is 2.59 bits per heavy atom. The van der Waals surface area contributed by atoms with E-state index in [1.54, 1.807) is 0 Å². The van der Waals surface area contributed by atoms with Gasteiger partial charge in [0, 0.05) is 25.7 Å². The Labute approximate surface area is 101 Å². The third-order valence-corrected chi connectivity index (χ3v) is 4.00. The van der Waals surface area contributed by atoms with E-state index in [4.69, 9.17) is 9.84 Å². The molecule has 1 spiro atoms. The largest absolute Gasteiger partial charge is 0.480 e. The number of carbonyl (C=O) groups is 2. The molecule has 1 saturated carbocycles. The van der Waals surface area contributed by atoms with Gasteiger partial charge < -0.3 is 14.7 Å². The molecule has 1 saturated heterocycles. The summed E-state index contributed by atoms with van der Waals surface area (Å²) < 4.78 is 5.31. The van der Waals surface area contributed by atoms with Crippen LogP contribution in [0.5, 0.6) is 0 Å². The molecule has 0 unspecified atom stereocenters. The maximum Gasteiger partial charge on any atom is 0.323 e. The van der Waals surface area contributed by atoms with Crippen LogP contribution in [0.15, 0.2) is 0 Å². The van der Waals surface area contributed by atoms with Crippen molar-refractivity contribution < 1.29 is 19.4 Å². The van der Waals surface area contributed by atoms with E-state index in [9.17, 15) is 9.59 Å². The number of likely N-dealkylation sites (N-methyl/N-ethyl adjacent to an activating group) is 1. The van der Waals surface area contributed by atoms with Crippen molar-refractivity contribution in [3.8, 4) is 0 Å². The van der Waals surface area contributed by atoms with E-state index in [-0.39, 0.29) is 23.8 Å². The molecule has 96 valence electrons. The molecule has 2 fully saturated rings. The summed E-state index contributed by atoms with van der Waals surface area (Å²) in [5, 5.41) is 8.75. The molecule has 0 bridgehead atoms. The number of hydrogen-bond donors (Lipinski definition) is 1. The highest BCUT2D eigenvalue weighted by Crippen LogP contribution is 2.59. The summed E-state index contributed by atoms with van der Waals surface area (Å²) in [4.78, 5) is 24.3. The van der Waals surface area contributed by atoms with Gasteiger partial charge in [-0.25, -0.2) is 0 Å². The topological polar surface area (TPSA) is 66.8 Å². The zero-order chi connectivity index (χ0) is 12.5. The fourth-order valence-corrected chi connectivity index (χ4v) is 2.76. The molecule has 5 heteroatoms. The predicted molar refractivity (Wildman–Crippen MR) is 60.5 cm³/mol. The summed E-state index contributed by atoms with van der Waals surface area (Å²) in [6.07, 6.45) is 2.79. The van der Waals surface area contributed by atoms with Gasteiger partial charge in [-0.05, 0) is 31.6 Å². The predicted octanol–water partition coefficient (Wildman–Crippen LogP) is 0.736. The van der Waals surface area contributed by atoms with Crippen LogP contribution in [0.3, 0.4) is 0 Å². The smallest absolute Gasteiger partial charge is 0.323 e. The molecule has 0 aromatic heterocycles. The van der Waals surface area contributed by atoms with Crippen molar-refractivity contribution in [2.75, 3.05) is 26.3 Å². The molecule has 1 N–H and O–H groups in total. The van der Waals surface area contributed by atoms with Crippen molar-refractivity contribution in [1.82, 2.24) is 4.90 Å². The lowest BCUT2D eigenvalue weighted by atomic mass is 9.93. The van der Waals surface area contributed by atoms with E-state index in [0.29, 0.717) is 6.54 Å². The van der Waals surface area contributed by atoms with Gasteiger partial charge in [-0.2, -0.15) is 0 Å². The number of carboxylic acids is 1. The summed E-state index contributed by atoms with van der Waals surface area (Å²) in [5.74, 6) is -0.899. The lowest BCUT2D eigenvalue weighted by Crippen LogP contribution is -2.38. The second-order valence-electron chi connectivity index (χ2n) is 4.98. The lowest BCUT2D eigenvalue weighted by molar-refractivity contribution is -0.145. The first-order chi connectivity index (χ1) is 8.09. The molecule has 1 heterocycles. The van der Waals surface area contributed by atoms with Crippen LogP contribution >= 0.6 is 0 Å². The number of carbonyl (C=O) groups excluding carboxylic acids is 1. The zero-order valence-corrected chi connectivity index (χ0v) is 10.1. The number of aliphatic carboxylic acids is 1. The van der Waals surface area contributed by atoms with Crippen LogP contribution in [-0.2, 0) is 14.3 Å². The van der Waals surface area contributed by atoms with E-state index < -0.39 is 5.97 Å². The molecule has 1 amide bonds. The van der Waals surface area contributed by atoms with Crippen molar-refractivity contribution in [3.63, 3.8) is 0 Å². The third-order valence-electron chi connectivity index (χ3n) is 4.00. The number of amides is 1. The van der Waals surface area contributed by atoms with Crippen LogP contribution in [0.25, 0.3) is 0 Å². The Bertz CT molecular complexity index is 322. The normalized spacial score (nSPS) is 25.6. The Morgan fingerprint density at radius 1 is 1.41 bits per heavy atom. The molecule has 2 aliphatic rings. The Kier molecular flexibility index (Phi) is 3.38. The molecule has 1 aliphatic heterocycles. The summed E-state index contributed by atoms with van der Waals surface area (Å²) in [7, 11) is 0. The van der Waals surface area contributed by atoms with Crippen LogP contribution in [0.1, 0.15) is 26.2 Å². The summed E-state index contributed by atoms with van der Waals surface area (Å²) in [6.45, 7) is 3.57. The maximum atomic E-state index is 12.2. The second kappa shape index (κ2) is 4.64. The van der Waals surface area contributed by atoms with Gasteiger partial charge in [0.25, 0.3) is 0 Å². The van der Waals surface area contributed by atoms with E-state index in [1.165, 1.54) is 4.90 Å². The summed E-state index contributed by atoms with van der Waals surface area (Å²) in [5.41, 5.74) is 0.126. The molecule has 2 rings (SSSR count). The van der Waals surface area contributed by atoms with Crippen molar-refractivity contribution in [3.05, 3.63) is 0 Å². The van der Waals surface area contributed by atoms with Crippen LogP contribution in [0.2, 0.25) is 0 Å². The molecule has 0 radical (unpaired) electrons. The highest BCUT2D eigenvalue weighted by Gasteiger charge is 2.58. The highest BCUT2D eigenvalue weighted by atomic mass is 16.5. The van der Waals surface area contributed by atoms with Gasteiger partial charge in [-0.15, -0.1) is 0 Å². The monoisotopic (exact) mass is 241 g/mol. The van der Waals surface area contributed by atoms with Crippen molar-refractivity contribution in [1.29, 1.82) is 0 Å². The van der Waals surface area contributed by atoms with E-state index in [0.717, 1.165) is 32.5 Å². The van der Waals surface area contributed by atoms with Crippen LogP contribution in [-0.4, -0.2) is 48.2 Å². The molecule has 17 heavy (non-hydrogen) atoms. The number of nitrogens with zero attached hydrogens (tertiary/aromatic N) is 1. The first-order valence-electron chi connectivity index (χ1n) is 6.17. The standard InChI is InChI=1S/C12H19NO4/c1-2-13(8-10(14)15)11(16)9-7-12(9)3-5-17-6-4-12/h9H,2-8H2,1H3,(H,14,15)/t9-/m0/s1. The van der Waals surface area contributed by atoms with Gasteiger partial charge >= 0.3 is 5.97 Å². The van der Waals surface area contributed by atoms with Crippen LogP contribution < -0.4 is 0 Å². The van der Waals surface area contributed by atoms with Crippen LogP contribution in [0.4, 0.5) is 0 Å². The average molecular weight is 241 g/mol. The number of hydrogen-bond acceptors (Lipinski definition) is 3. The van der Waals surface area contributed by atoms with Gasteiger partial charge in [0.15, 0.2) is 0 Å². The molecule has 0 aromatic carbocycles. The minimum atomic E-state index is -0.943. The van der Waals surface area contributed by atoms with E-state index >= 15 is 0 Å². The first kappa shape index (κ1) is 12.4. The Hall–Kier alpha value is -1.10. The Balaban J connectivity index is 1.94. The molecule has 5 nitrogen and oxygen atoms in total. The first-order valence-corrected chi connectivity index (χ1v) is 6.17. The van der Waals surface area contributed by atoms with E-state index in [1.807, 2.05) is 6.92 Å². The molecule has 1 aliphatic carbocycles. The van der Waals surface area contributed by atoms with Gasteiger partial charge in [0.1, 0.15) is 6.54 Å². The molecular formula is C12H19NO4. The zero-order valence-electron chi connectivity index (χ0n) is 10.1. The average Bonchev–Trinajstić information content (AvgIpc) is 2.99. The minimum Gasteiger partial charge on any atom is -0.480 e. The number of carboxylic acid groups (broad SMARTS) is 1. The lowest BCUT2D eigenvalue weighted by Gasteiger charge is -2.25. The minimum absolute atomic E-state index is 0.0109. The fourth-order valence-electron chi connectivity index (χ4n) is 2.76. The molecule has 1 atom stereocenters. The molecular weight excluding hydrogens is 222 g/mol. The molecule has 0 aromatic rings. The quantitative estimate of drug-likeness (QED) is 0.788. The van der Waals surface area contributed by atoms with Gasteiger partial charge in [0.2, 0.25) is 5.91 Å². The number of ether oxygens (including phenoxy) is 1. The second-order valence-corrected chi connectivity index (χ2v) is 4.98. The maximum absolute atomic E-state index is 12.2. The SMILES string of the molecule is CCN(CC(=O)O)C(=O)[C@@H]1CC12CCOCC2. The third kappa shape index (κ3) is 2.44. The van der Waals surface area contributed by atoms with Gasteiger partial charge in [-0.3, -0.25) is 9.59 Å². The summed E-state index contributed by atoms with van der Waals surface area (Å²) >= 11 is 0.